The molecule has 2 rings (SSSR count). The van der Waals surface area contributed by atoms with Crippen LogP contribution in [0, 0.1) is 5.92 Å². The van der Waals surface area contributed by atoms with Crippen molar-refractivity contribution in [2.24, 2.45) is 5.92 Å². The first-order valence-corrected chi connectivity index (χ1v) is 9.11. The summed E-state index contributed by atoms with van der Waals surface area (Å²) in [5, 5.41) is 11.9. The molecule has 2 aromatic carbocycles. The fourth-order valence-corrected chi connectivity index (χ4v) is 2.81. The number of amides is 1. The zero-order valence-electron chi connectivity index (χ0n) is 16.2. The molecule has 0 fully saturated rings. The van der Waals surface area contributed by atoms with Crippen LogP contribution in [-0.2, 0) is 16.1 Å². The summed E-state index contributed by atoms with van der Waals surface area (Å²) >= 11 is 0. The van der Waals surface area contributed by atoms with Gasteiger partial charge in [0.05, 0.1) is 18.2 Å². The maximum atomic E-state index is 12.7. The number of carbonyl (C=O) groups is 3. The van der Waals surface area contributed by atoms with Crippen molar-refractivity contribution in [2.75, 3.05) is 0 Å². The molecule has 2 N–H and O–H groups in total. The normalized spacial score (nSPS) is 13.0. The van der Waals surface area contributed by atoms with Crippen LogP contribution in [0.25, 0.3) is 0 Å². The zero-order chi connectivity index (χ0) is 20.7. The molecule has 0 heterocycles. The number of nitrogens with one attached hydrogen (secondary N) is 1. The minimum atomic E-state index is -0.991. The van der Waals surface area contributed by atoms with Crippen LogP contribution in [0.4, 0.5) is 0 Å². The Morgan fingerprint density at radius 3 is 2.36 bits per heavy atom. The highest BCUT2D eigenvalue weighted by atomic mass is 16.5. The molecule has 0 unspecified atom stereocenters. The second-order valence-electron chi connectivity index (χ2n) is 7.00. The van der Waals surface area contributed by atoms with Crippen molar-refractivity contribution in [3.8, 4) is 0 Å². The van der Waals surface area contributed by atoms with Gasteiger partial charge in [-0.2, -0.15) is 0 Å². The molecule has 0 spiro atoms. The number of carboxylic acids is 1. The van der Waals surface area contributed by atoms with Crippen LogP contribution in [0.3, 0.4) is 0 Å². The average Bonchev–Trinajstić information content (AvgIpc) is 2.68. The van der Waals surface area contributed by atoms with Gasteiger partial charge in [0, 0.05) is 5.56 Å². The molecule has 0 aromatic heterocycles. The smallest absolute Gasteiger partial charge is 0.335 e. The summed E-state index contributed by atoms with van der Waals surface area (Å²) in [7, 11) is 0. The largest absolute Gasteiger partial charge is 0.478 e. The lowest BCUT2D eigenvalue weighted by Crippen LogP contribution is -2.40. The van der Waals surface area contributed by atoms with Crippen molar-refractivity contribution in [1.29, 1.82) is 0 Å². The van der Waals surface area contributed by atoms with Gasteiger partial charge in [0.2, 0.25) is 5.91 Å². The SMILES string of the molecule is CC(C)[C@@H](OCc1cccc(C=O)c1)C(=O)N[C@@H](C)c1ccc(C(=O)O)cc1. The number of hydrogen-bond donors (Lipinski definition) is 2. The van der Waals surface area contributed by atoms with E-state index in [-0.39, 0.29) is 30.0 Å². The van der Waals surface area contributed by atoms with Gasteiger partial charge in [-0.1, -0.05) is 44.2 Å². The summed E-state index contributed by atoms with van der Waals surface area (Å²) in [6.07, 6.45) is 0.119. The Kier molecular flexibility index (Phi) is 7.46. The van der Waals surface area contributed by atoms with Gasteiger partial charge >= 0.3 is 5.97 Å². The highest BCUT2D eigenvalue weighted by Gasteiger charge is 2.24. The lowest BCUT2D eigenvalue weighted by atomic mass is 10.0. The van der Waals surface area contributed by atoms with E-state index in [1.54, 1.807) is 30.3 Å². The van der Waals surface area contributed by atoms with E-state index in [1.165, 1.54) is 12.1 Å². The third-order valence-corrected chi connectivity index (χ3v) is 4.40. The molecule has 6 heteroatoms. The van der Waals surface area contributed by atoms with Gasteiger partial charge in [0.25, 0.3) is 0 Å². The maximum Gasteiger partial charge on any atom is 0.335 e. The molecule has 6 nitrogen and oxygen atoms in total. The average molecular weight is 383 g/mol. The van der Waals surface area contributed by atoms with Gasteiger partial charge in [0.1, 0.15) is 12.4 Å². The molecule has 0 aliphatic rings. The number of carboxylic acid groups (broad SMARTS) is 1. The second-order valence-corrected chi connectivity index (χ2v) is 7.00. The number of rotatable bonds is 9. The zero-order valence-corrected chi connectivity index (χ0v) is 16.2. The van der Waals surface area contributed by atoms with Crippen LogP contribution < -0.4 is 5.32 Å². The van der Waals surface area contributed by atoms with E-state index in [1.807, 2.05) is 26.8 Å². The molecular weight excluding hydrogens is 358 g/mol. The van der Waals surface area contributed by atoms with Gasteiger partial charge in [-0.05, 0) is 42.2 Å². The van der Waals surface area contributed by atoms with Crippen LogP contribution in [0.15, 0.2) is 48.5 Å². The van der Waals surface area contributed by atoms with Crippen molar-refractivity contribution in [1.82, 2.24) is 5.32 Å². The number of carbonyl (C=O) groups excluding carboxylic acids is 2. The summed E-state index contributed by atoms with van der Waals surface area (Å²) in [6, 6.07) is 13.2. The van der Waals surface area contributed by atoms with E-state index in [2.05, 4.69) is 5.32 Å². The standard InChI is InChI=1S/C22H25NO5/c1-14(2)20(28-13-17-6-4-5-16(11-17)12-24)21(25)23-15(3)18-7-9-19(10-8-18)22(26)27/h4-12,14-15,20H,13H2,1-3H3,(H,23,25)(H,26,27)/t15-,20+/m0/s1. The van der Waals surface area contributed by atoms with E-state index in [4.69, 9.17) is 9.84 Å². The van der Waals surface area contributed by atoms with E-state index in [0.717, 1.165) is 17.4 Å². The van der Waals surface area contributed by atoms with Gasteiger partial charge in [-0.3, -0.25) is 9.59 Å². The lowest BCUT2D eigenvalue weighted by Gasteiger charge is -2.23. The van der Waals surface area contributed by atoms with Gasteiger partial charge < -0.3 is 15.2 Å². The Bertz CT molecular complexity index is 829. The fraction of sp³-hybridized carbons (Fsp3) is 0.318. The molecule has 2 aromatic rings. The predicted octanol–water partition coefficient (Wildman–Crippen LogP) is 3.62. The lowest BCUT2D eigenvalue weighted by molar-refractivity contribution is -0.137. The first-order chi connectivity index (χ1) is 13.3. The number of benzene rings is 2. The van der Waals surface area contributed by atoms with E-state index >= 15 is 0 Å². The third kappa shape index (κ3) is 5.76. The summed E-state index contributed by atoms with van der Waals surface area (Å²) in [5.41, 5.74) is 2.38. The van der Waals surface area contributed by atoms with Crippen molar-refractivity contribution in [2.45, 2.75) is 39.5 Å². The summed E-state index contributed by atoms with van der Waals surface area (Å²) in [6.45, 7) is 5.86. The number of aldehydes is 1. The van der Waals surface area contributed by atoms with Gasteiger partial charge in [-0.25, -0.2) is 4.79 Å². The Labute approximate surface area is 164 Å². The topological polar surface area (TPSA) is 92.7 Å². The first-order valence-electron chi connectivity index (χ1n) is 9.11. The van der Waals surface area contributed by atoms with Crippen LogP contribution in [0.1, 0.15) is 58.7 Å². The molecule has 0 radical (unpaired) electrons. The summed E-state index contributed by atoms with van der Waals surface area (Å²) in [4.78, 5) is 34.5. The van der Waals surface area contributed by atoms with Gasteiger partial charge in [0.15, 0.2) is 0 Å². The van der Waals surface area contributed by atoms with Crippen molar-refractivity contribution < 1.29 is 24.2 Å². The summed E-state index contributed by atoms with van der Waals surface area (Å²) in [5.74, 6) is -1.28. The molecule has 0 saturated carbocycles. The fourth-order valence-electron chi connectivity index (χ4n) is 2.81. The van der Waals surface area contributed by atoms with Crippen LogP contribution in [0.2, 0.25) is 0 Å². The van der Waals surface area contributed by atoms with Crippen molar-refractivity contribution >= 4 is 18.2 Å². The minimum absolute atomic E-state index is 0.0455. The monoisotopic (exact) mass is 383 g/mol. The highest BCUT2D eigenvalue weighted by Crippen LogP contribution is 2.17. The Morgan fingerprint density at radius 1 is 1.11 bits per heavy atom. The minimum Gasteiger partial charge on any atom is -0.478 e. The molecule has 1 amide bonds. The molecular formula is C22H25NO5. The Morgan fingerprint density at radius 2 is 1.79 bits per heavy atom. The van der Waals surface area contributed by atoms with Crippen LogP contribution >= 0.6 is 0 Å². The molecule has 0 bridgehead atoms. The molecule has 0 aliphatic carbocycles. The first kappa shape index (κ1) is 21.3. The molecule has 2 atom stereocenters. The second kappa shape index (κ2) is 9.80. The van der Waals surface area contributed by atoms with Crippen LogP contribution in [0.5, 0.6) is 0 Å². The molecule has 28 heavy (non-hydrogen) atoms. The molecule has 0 aliphatic heterocycles. The Hall–Kier alpha value is -2.99. The quantitative estimate of drug-likeness (QED) is 0.645. The van der Waals surface area contributed by atoms with Crippen LogP contribution in [-0.4, -0.2) is 29.4 Å². The van der Waals surface area contributed by atoms with Crippen molar-refractivity contribution in [3.05, 3.63) is 70.8 Å². The number of hydrogen-bond acceptors (Lipinski definition) is 4. The number of aromatic carboxylic acids is 1. The number of ether oxygens (including phenoxy) is 1. The predicted molar refractivity (Wildman–Crippen MR) is 105 cm³/mol. The van der Waals surface area contributed by atoms with Crippen molar-refractivity contribution in [3.63, 3.8) is 0 Å². The maximum absolute atomic E-state index is 12.7. The van der Waals surface area contributed by atoms with E-state index in [9.17, 15) is 14.4 Å². The Balaban J connectivity index is 2.01. The highest BCUT2D eigenvalue weighted by molar-refractivity contribution is 5.87. The van der Waals surface area contributed by atoms with E-state index in [0.29, 0.717) is 5.56 Å². The molecule has 0 saturated heterocycles. The summed E-state index contributed by atoms with van der Waals surface area (Å²) < 4.78 is 5.83. The third-order valence-electron chi connectivity index (χ3n) is 4.40. The molecule has 148 valence electrons. The van der Waals surface area contributed by atoms with E-state index < -0.39 is 12.1 Å². The van der Waals surface area contributed by atoms with Gasteiger partial charge in [-0.15, -0.1) is 0 Å².